The molecule has 9 heteroatoms. The second kappa shape index (κ2) is 7.30. The SMILES string of the molecule is Cc1ccc(Cl)c(O[P@](C)(=O)Nc2ccc(SC(F)(F)F)cc2)c1. The molecule has 0 amide bonds. The Labute approximate surface area is 147 Å². The maximum absolute atomic E-state index is 12.6. The molecule has 2 rings (SSSR count). The molecular weight excluding hydrogens is 382 g/mol. The third kappa shape index (κ3) is 5.96. The Balaban J connectivity index is 2.08. The minimum Gasteiger partial charge on any atom is -0.427 e. The molecule has 0 aliphatic rings. The smallest absolute Gasteiger partial charge is 0.427 e. The van der Waals surface area contributed by atoms with Crippen molar-refractivity contribution in [1.29, 1.82) is 0 Å². The number of hydrogen-bond donors (Lipinski definition) is 1. The second-order valence-electron chi connectivity index (χ2n) is 5.06. The van der Waals surface area contributed by atoms with Crippen molar-refractivity contribution in [1.82, 2.24) is 0 Å². The normalized spacial score (nSPS) is 14.1. The molecular formula is C15H14ClF3NO2PS. The molecule has 0 aliphatic heterocycles. The zero-order valence-corrected chi connectivity index (χ0v) is 15.2. The molecule has 1 atom stereocenters. The van der Waals surface area contributed by atoms with Crippen molar-refractivity contribution in [3.8, 4) is 5.75 Å². The molecule has 0 spiro atoms. The minimum absolute atomic E-state index is 0.0432. The van der Waals surface area contributed by atoms with Gasteiger partial charge in [-0.1, -0.05) is 17.7 Å². The molecule has 130 valence electrons. The maximum atomic E-state index is 12.6. The number of benzene rings is 2. The molecule has 24 heavy (non-hydrogen) atoms. The average Bonchev–Trinajstić information content (AvgIpc) is 2.43. The number of nitrogens with one attached hydrogen (secondary N) is 1. The molecule has 1 N–H and O–H groups in total. The first-order chi connectivity index (χ1) is 11.0. The lowest BCUT2D eigenvalue weighted by atomic mass is 10.2. The Hall–Kier alpha value is -1.30. The molecule has 0 unspecified atom stereocenters. The van der Waals surface area contributed by atoms with E-state index in [0.717, 1.165) is 5.56 Å². The van der Waals surface area contributed by atoms with Crippen LogP contribution in [0.25, 0.3) is 0 Å². The number of aryl methyl sites for hydroxylation is 1. The number of thioether (sulfide) groups is 1. The van der Waals surface area contributed by atoms with Gasteiger partial charge < -0.3 is 9.61 Å². The molecule has 0 radical (unpaired) electrons. The average molecular weight is 396 g/mol. The van der Waals surface area contributed by atoms with Crippen molar-refractivity contribution in [2.75, 3.05) is 11.8 Å². The van der Waals surface area contributed by atoms with Crippen LogP contribution >= 0.6 is 30.9 Å². The largest absolute Gasteiger partial charge is 0.446 e. The second-order valence-corrected chi connectivity index (χ2v) is 8.70. The quantitative estimate of drug-likeness (QED) is 0.458. The summed E-state index contributed by atoms with van der Waals surface area (Å²) in [6, 6.07) is 10.5. The summed E-state index contributed by atoms with van der Waals surface area (Å²) in [5, 5.41) is 3.01. The van der Waals surface area contributed by atoms with E-state index in [4.69, 9.17) is 16.1 Å². The molecule has 0 fully saturated rings. The monoisotopic (exact) mass is 395 g/mol. The summed E-state index contributed by atoms with van der Waals surface area (Å²) in [6.07, 6.45) is 0. The third-order valence-electron chi connectivity index (χ3n) is 2.78. The summed E-state index contributed by atoms with van der Waals surface area (Å²) in [7, 11) is -3.30. The Kier molecular flexibility index (Phi) is 5.78. The summed E-state index contributed by atoms with van der Waals surface area (Å²) in [6.45, 7) is 3.21. The van der Waals surface area contributed by atoms with Gasteiger partial charge in [0.15, 0.2) is 0 Å². The van der Waals surface area contributed by atoms with Gasteiger partial charge in [-0.3, -0.25) is 4.57 Å². The van der Waals surface area contributed by atoms with Gasteiger partial charge in [0, 0.05) is 17.2 Å². The molecule has 0 aromatic heterocycles. The fourth-order valence-electron chi connectivity index (χ4n) is 1.86. The van der Waals surface area contributed by atoms with Crippen LogP contribution in [0.2, 0.25) is 5.02 Å². The van der Waals surface area contributed by atoms with Crippen LogP contribution in [0.5, 0.6) is 5.75 Å². The van der Waals surface area contributed by atoms with E-state index in [1.807, 2.05) is 6.92 Å². The van der Waals surface area contributed by atoms with E-state index in [2.05, 4.69) is 5.09 Å². The van der Waals surface area contributed by atoms with Crippen LogP contribution in [0.1, 0.15) is 5.56 Å². The fourth-order valence-corrected chi connectivity index (χ4v) is 3.80. The van der Waals surface area contributed by atoms with Gasteiger partial charge >= 0.3 is 13.0 Å². The van der Waals surface area contributed by atoms with Crippen LogP contribution < -0.4 is 9.61 Å². The van der Waals surface area contributed by atoms with Crippen LogP contribution in [0.4, 0.5) is 18.9 Å². The molecule has 0 saturated heterocycles. The molecule has 0 bridgehead atoms. The van der Waals surface area contributed by atoms with Crippen molar-refractivity contribution in [3.05, 3.63) is 53.1 Å². The highest BCUT2D eigenvalue weighted by molar-refractivity contribution is 8.00. The number of halogens is 4. The van der Waals surface area contributed by atoms with Crippen molar-refractivity contribution in [2.45, 2.75) is 17.3 Å². The third-order valence-corrected chi connectivity index (χ3v) is 5.04. The van der Waals surface area contributed by atoms with Crippen molar-refractivity contribution >= 4 is 36.6 Å². The Morgan fingerprint density at radius 1 is 1.17 bits per heavy atom. The van der Waals surface area contributed by atoms with Crippen molar-refractivity contribution in [3.63, 3.8) is 0 Å². The summed E-state index contributed by atoms with van der Waals surface area (Å²) >= 11 is 5.79. The molecule has 2 aromatic rings. The molecule has 2 aromatic carbocycles. The van der Waals surface area contributed by atoms with Crippen molar-refractivity contribution < 1.29 is 22.3 Å². The van der Waals surface area contributed by atoms with E-state index in [1.165, 1.54) is 30.9 Å². The van der Waals surface area contributed by atoms with Crippen LogP contribution in [0, 0.1) is 6.92 Å². The highest BCUT2D eigenvalue weighted by Crippen LogP contribution is 2.46. The van der Waals surface area contributed by atoms with Gasteiger partial charge in [-0.05, 0) is 60.6 Å². The lowest BCUT2D eigenvalue weighted by molar-refractivity contribution is -0.0328. The molecule has 0 saturated carbocycles. The standard InChI is InChI=1S/C15H14ClF3NO2PS/c1-10-3-8-13(16)14(9-10)22-23(2,21)20-11-4-6-12(7-5-11)24-15(17,18)19/h3-9H,1-2H3,(H,20,21)/t23-/m0/s1. The van der Waals surface area contributed by atoms with Crippen molar-refractivity contribution in [2.24, 2.45) is 0 Å². The van der Waals surface area contributed by atoms with Crippen LogP contribution in [0.3, 0.4) is 0 Å². The fraction of sp³-hybridized carbons (Fsp3) is 0.200. The first kappa shape index (κ1) is 19.0. The number of alkyl halides is 3. The molecule has 0 heterocycles. The summed E-state index contributed by atoms with van der Waals surface area (Å²) < 4.78 is 54.9. The Bertz CT molecular complexity index is 768. The predicted octanol–water partition coefficient (Wildman–Crippen LogP) is 6.57. The van der Waals surface area contributed by atoms with Gasteiger partial charge in [-0.15, -0.1) is 0 Å². The topological polar surface area (TPSA) is 38.3 Å². The molecule has 3 nitrogen and oxygen atoms in total. The first-order valence-corrected chi connectivity index (χ1v) is 9.98. The summed E-state index contributed by atoms with van der Waals surface area (Å²) in [4.78, 5) is 0.0432. The Morgan fingerprint density at radius 3 is 2.38 bits per heavy atom. The van der Waals surface area contributed by atoms with E-state index in [-0.39, 0.29) is 22.4 Å². The van der Waals surface area contributed by atoms with Gasteiger partial charge in [-0.25, -0.2) is 0 Å². The lowest BCUT2D eigenvalue weighted by Crippen LogP contribution is -2.03. The Morgan fingerprint density at radius 2 is 1.79 bits per heavy atom. The molecule has 0 aliphatic carbocycles. The van der Waals surface area contributed by atoms with Crippen LogP contribution in [-0.2, 0) is 4.57 Å². The zero-order valence-electron chi connectivity index (χ0n) is 12.7. The minimum atomic E-state index is -4.35. The lowest BCUT2D eigenvalue weighted by Gasteiger charge is -2.18. The van der Waals surface area contributed by atoms with Crippen LogP contribution in [-0.4, -0.2) is 12.2 Å². The highest BCUT2D eigenvalue weighted by Gasteiger charge is 2.29. The number of anilines is 1. The van der Waals surface area contributed by atoms with Gasteiger partial charge in [0.05, 0.1) is 5.02 Å². The van der Waals surface area contributed by atoms with Crippen LogP contribution in [0.15, 0.2) is 47.4 Å². The van der Waals surface area contributed by atoms with Gasteiger partial charge in [-0.2, -0.15) is 13.2 Å². The van der Waals surface area contributed by atoms with E-state index in [9.17, 15) is 17.7 Å². The first-order valence-electron chi connectivity index (χ1n) is 6.71. The number of rotatable bonds is 5. The number of hydrogen-bond acceptors (Lipinski definition) is 3. The highest BCUT2D eigenvalue weighted by atomic mass is 35.5. The van der Waals surface area contributed by atoms with Gasteiger partial charge in [0.25, 0.3) is 0 Å². The van der Waals surface area contributed by atoms with E-state index < -0.39 is 13.0 Å². The predicted molar refractivity (Wildman–Crippen MR) is 92.3 cm³/mol. The van der Waals surface area contributed by atoms with E-state index in [1.54, 1.807) is 18.2 Å². The van der Waals surface area contributed by atoms with Gasteiger partial charge in [0.1, 0.15) is 5.75 Å². The van der Waals surface area contributed by atoms with E-state index in [0.29, 0.717) is 10.7 Å². The summed E-state index contributed by atoms with van der Waals surface area (Å²) in [5.41, 5.74) is -3.07. The maximum Gasteiger partial charge on any atom is 0.446 e. The zero-order chi connectivity index (χ0) is 18.0. The summed E-state index contributed by atoms with van der Waals surface area (Å²) in [5.74, 6) is 0.277. The van der Waals surface area contributed by atoms with Gasteiger partial charge in [0.2, 0.25) is 0 Å². The van der Waals surface area contributed by atoms with E-state index >= 15 is 0 Å².